The van der Waals surface area contributed by atoms with Crippen LogP contribution in [0.2, 0.25) is 0 Å². The van der Waals surface area contributed by atoms with E-state index in [1.165, 1.54) is 36.3 Å². The van der Waals surface area contributed by atoms with Crippen molar-refractivity contribution in [2.45, 2.75) is 30.8 Å². The summed E-state index contributed by atoms with van der Waals surface area (Å²) in [4.78, 5) is 30.6. The summed E-state index contributed by atoms with van der Waals surface area (Å²) in [5, 5.41) is 0.986. The van der Waals surface area contributed by atoms with Crippen molar-refractivity contribution in [3.63, 3.8) is 0 Å². The molecule has 5 rings (SSSR count). The van der Waals surface area contributed by atoms with Gasteiger partial charge in [-0.25, -0.2) is 8.42 Å². The lowest BCUT2D eigenvalue weighted by atomic mass is 9.95. The van der Waals surface area contributed by atoms with Gasteiger partial charge in [0.2, 0.25) is 0 Å². The molecule has 3 aromatic carbocycles. The van der Waals surface area contributed by atoms with Crippen molar-refractivity contribution >= 4 is 32.7 Å². The number of rotatable bonds is 7. The summed E-state index contributed by atoms with van der Waals surface area (Å²) in [5.41, 5.74) is 6.53. The predicted molar refractivity (Wildman–Crippen MR) is 143 cm³/mol. The molecule has 0 saturated carbocycles. The summed E-state index contributed by atoms with van der Waals surface area (Å²) in [7, 11) is -0.596. The summed E-state index contributed by atoms with van der Waals surface area (Å²) in [5.74, 6) is -0.451. The minimum absolute atomic E-state index is 0.0415. The van der Waals surface area contributed by atoms with Crippen LogP contribution in [-0.4, -0.2) is 42.9 Å². The molecule has 9 nitrogen and oxygen atoms in total. The van der Waals surface area contributed by atoms with Crippen molar-refractivity contribution in [3.05, 3.63) is 95.2 Å². The number of nitrogens with one attached hydrogen (secondary N) is 2. The molecule has 2 N–H and O–H groups in total. The van der Waals surface area contributed by atoms with Gasteiger partial charge in [-0.1, -0.05) is 36.4 Å². The monoisotopic (exact) mass is 532 g/mol. The highest BCUT2D eigenvalue weighted by atomic mass is 32.2. The van der Waals surface area contributed by atoms with Crippen molar-refractivity contribution in [1.29, 1.82) is 0 Å². The predicted octanol–water partition coefficient (Wildman–Crippen LogP) is 3.44. The summed E-state index contributed by atoms with van der Waals surface area (Å²) in [6, 6.07) is 19.5. The first-order chi connectivity index (χ1) is 18.2. The van der Waals surface area contributed by atoms with Crippen LogP contribution in [0.1, 0.15) is 40.1 Å². The molecule has 10 heteroatoms. The van der Waals surface area contributed by atoms with E-state index in [-0.39, 0.29) is 10.8 Å². The van der Waals surface area contributed by atoms with Crippen LogP contribution in [0.3, 0.4) is 0 Å². The minimum Gasteiger partial charge on any atom is -0.497 e. The fourth-order valence-corrected chi connectivity index (χ4v) is 5.93. The second kappa shape index (κ2) is 9.62. The third kappa shape index (κ3) is 4.11. The molecule has 0 radical (unpaired) electrons. The molecule has 38 heavy (non-hydrogen) atoms. The number of carbonyl (C=O) groups excluding carboxylic acids is 2. The molecule has 2 amide bonds. The quantitative estimate of drug-likeness (QED) is 0.355. The van der Waals surface area contributed by atoms with Gasteiger partial charge in [0.25, 0.3) is 21.8 Å². The molecule has 2 unspecified atom stereocenters. The van der Waals surface area contributed by atoms with Gasteiger partial charge in [0.05, 0.1) is 18.0 Å². The molecule has 2 heterocycles. The van der Waals surface area contributed by atoms with Crippen molar-refractivity contribution < 1.29 is 22.7 Å². The van der Waals surface area contributed by atoms with Gasteiger partial charge in [-0.15, -0.1) is 4.83 Å². The third-order valence-electron chi connectivity index (χ3n) is 7.20. The molecule has 1 aliphatic heterocycles. The topological polar surface area (TPSA) is 110 Å². The van der Waals surface area contributed by atoms with Crippen LogP contribution in [0.15, 0.2) is 77.7 Å². The first-order valence-electron chi connectivity index (χ1n) is 12.1. The number of ether oxygens (including phenoxy) is 1. The Morgan fingerprint density at radius 2 is 1.66 bits per heavy atom. The fraction of sp³-hybridized carbons (Fsp3) is 0.214. The number of hydrogen-bond donors (Lipinski definition) is 2. The Balaban J connectivity index is 1.48. The lowest BCUT2D eigenvalue weighted by Gasteiger charge is -2.31. The number of sulfonamides is 1. The molecule has 0 spiro atoms. The van der Waals surface area contributed by atoms with Gasteiger partial charge in [-0.05, 0) is 55.8 Å². The molecule has 0 aliphatic carbocycles. The maximum Gasteiger partial charge on any atom is 0.257 e. The zero-order chi connectivity index (χ0) is 27.2. The highest BCUT2D eigenvalue weighted by Gasteiger charge is 2.44. The number of hydrogen-bond acceptors (Lipinski definition) is 5. The lowest BCUT2D eigenvalue weighted by molar-refractivity contribution is -0.126. The van der Waals surface area contributed by atoms with Gasteiger partial charge in [-0.3, -0.25) is 15.0 Å². The number of methoxy groups -OCH3 is 1. The van der Waals surface area contributed by atoms with Crippen LogP contribution in [0, 0.1) is 6.92 Å². The van der Waals surface area contributed by atoms with Gasteiger partial charge < -0.3 is 14.2 Å². The summed E-state index contributed by atoms with van der Waals surface area (Å²) in [6.07, 6.45) is 0. The van der Waals surface area contributed by atoms with Crippen molar-refractivity contribution in [1.82, 2.24) is 19.7 Å². The first-order valence-corrected chi connectivity index (χ1v) is 13.5. The average Bonchev–Trinajstić information content (AvgIpc) is 3.36. The van der Waals surface area contributed by atoms with Crippen LogP contribution >= 0.6 is 0 Å². The number of benzene rings is 3. The van der Waals surface area contributed by atoms with Crippen molar-refractivity contribution in [2.75, 3.05) is 7.11 Å². The number of hydrazine groups is 1. The van der Waals surface area contributed by atoms with Gasteiger partial charge in [0, 0.05) is 34.8 Å². The molecule has 0 bridgehead atoms. The van der Waals surface area contributed by atoms with Crippen LogP contribution in [0.25, 0.3) is 10.9 Å². The first kappa shape index (κ1) is 25.5. The van der Waals surface area contributed by atoms with Crippen molar-refractivity contribution in [3.8, 4) is 5.75 Å². The normalized spacial score (nSPS) is 15.9. The van der Waals surface area contributed by atoms with E-state index in [4.69, 9.17) is 4.74 Å². The van der Waals surface area contributed by atoms with E-state index in [1.54, 1.807) is 19.1 Å². The van der Waals surface area contributed by atoms with Gasteiger partial charge in [0.1, 0.15) is 11.8 Å². The number of aryl methyl sites for hydroxylation is 1. The van der Waals surface area contributed by atoms with E-state index in [1.807, 2.05) is 50.4 Å². The van der Waals surface area contributed by atoms with E-state index < -0.39 is 28.0 Å². The maximum atomic E-state index is 13.7. The molecule has 0 saturated heterocycles. The molecule has 196 valence electrons. The highest BCUT2D eigenvalue weighted by Crippen LogP contribution is 2.44. The molecular formula is C28H28N4O5S. The standard InChI is InChI=1S/C28H28N4O5S/c1-17-25(23-11-7-8-12-24(23)31(17)3)26-21-9-5-6-10-22(21)28(34)32(26)18(2)27(33)29-30-38(35,36)20-15-13-19(37-4)14-16-20/h5-16,18,26,30H,1-4H3,(H,29,33). The maximum absolute atomic E-state index is 13.7. The van der Waals surface area contributed by atoms with E-state index in [2.05, 4.69) is 14.8 Å². The van der Waals surface area contributed by atoms with Gasteiger partial charge in [-0.2, -0.15) is 0 Å². The number of amides is 2. The van der Waals surface area contributed by atoms with Crippen LogP contribution in [0.4, 0.5) is 0 Å². The van der Waals surface area contributed by atoms with Crippen LogP contribution in [0.5, 0.6) is 5.75 Å². The van der Waals surface area contributed by atoms with E-state index in [0.29, 0.717) is 11.3 Å². The molecule has 0 fully saturated rings. The summed E-state index contributed by atoms with van der Waals surface area (Å²) < 4.78 is 32.6. The second-order valence-electron chi connectivity index (χ2n) is 9.22. The minimum atomic E-state index is -4.05. The number of carbonyl (C=O) groups is 2. The highest BCUT2D eigenvalue weighted by molar-refractivity contribution is 7.89. The van der Waals surface area contributed by atoms with Crippen LogP contribution < -0.4 is 15.0 Å². The SMILES string of the molecule is COc1ccc(S(=O)(=O)NNC(=O)C(C)N2C(=O)c3ccccc3C2c2c(C)n(C)c3ccccc23)cc1. The number of para-hydroxylation sites is 1. The Morgan fingerprint density at radius 3 is 2.37 bits per heavy atom. The Bertz CT molecular complexity index is 1660. The summed E-state index contributed by atoms with van der Waals surface area (Å²) >= 11 is 0. The molecular weight excluding hydrogens is 504 g/mol. The fourth-order valence-electron chi connectivity index (χ4n) is 5.09. The molecule has 4 aromatic rings. The lowest BCUT2D eigenvalue weighted by Crippen LogP contribution is -2.52. The number of fused-ring (bicyclic) bond motifs is 2. The molecule has 1 aromatic heterocycles. The Morgan fingerprint density at radius 1 is 1.00 bits per heavy atom. The second-order valence-corrected chi connectivity index (χ2v) is 10.9. The van der Waals surface area contributed by atoms with E-state index >= 15 is 0 Å². The molecule has 2 atom stereocenters. The average molecular weight is 533 g/mol. The Hall–Kier alpha value is -4.15. The molecule has 1 aliphatic rings. The largest absolute Gasteiger partial charge is 0.497 e. The van der Waals surface area contributed by atoms with Gasteiger partial charge in [0.15, 0.2) is 0 Å². The Labute approximate surface area is 221 Å². The third-order valence-corrected chi connectivity index (χ3v) is 8.46. The van der Waals surface area contributed by atoms with E-state index in [0.717, 1.165) is 27.7 Å². The summed E-state index contributed by atoms with van der Waals surface area (Å²) in [6.45, 7) is 3.58. The van der Waals surface area contributed by atoms with Crippen LogP contribution in [-0.2, 0) is 21.9 Å². The smallest absolute Gasteiger partial charge is 0.257 e. The zero-order valence-electron chi connectivity index (χ0n) is 21.4. The van der Waals surface area contributed by atoms with Gasteiger partial charge >= 0.3 is 0 Å². The van der Waals surface area contributed by atoms with E-state index in [9.17, 15) is 18.0 Å². The zero-order valence-corrected chi connectivity index (χ0v) is 22.2. The number of aromatic nitrogens is 1. The Kier molecular flexibility index (Phi) is 6.46. The van der Waals surface area contributed by atoms with Crippen molar-refractivity contribution in [2.24, 2.45) is 7.05 Å². The number of nitrogens with zero attached hydrogens (tertiary/aromatic N) is 2.